The highest BCUT2D eigenvalue weighted by atomic mass is 16.3. The minimum absolute atomic E-state index is 0.174. The van der Waals surface area contributed by atoms with E-state index in [1.807, 2.05) is 12.3 Å². The van der Waals surface area contributed by atoms with E-state index in [0.717, 1.165) is 27.8 Å². The fourth-order valence-corrected chi connectivity index (χ4v) is 5.33. The summed E-state index contributed by atoms with van der Waals surface area (Å²) in [4.78, 5) is 4.73. The van der Waals surface area contributed by atoms with Crippen molar-refractivity contribution in [2.45, 2.75) is 51.4 Å². The summed E-state index contributed by atoms with van der Waals surface area (Å²) < 4.78 is 6.41. The first-order valence-corrected chi connectivity index (χ1v) is 11.2. The van der Waals surface area contributed by atoms with Crippen molar-refractivity contribution in [1.29, 1.82) is 0 Å². The molecule has 0 atom stereocenters. The van der Waals surface area contributed by atoms with Crippen LogP contribution in [0.3, 0.4) is 0 Å². The van der Waals surface area contributed by atoms with Crippen molar-refractivity contribution in [2.24, 2.45) is 0 Å². The van der Waals surface area contributed by atoms with Gasteiger partial charge in [0, 0.05) is 27.9 Å². The molecule has 2 aromatic heterocycles. The first-order valence-electron chi connectivity index (χ1n) is 11.2. The molecule has 1 aliphatic rings. The molecule has 0 amide bonds. The molecule has 154 valence electrons. The molecular weight excluding hydrogens is 378 g/mol. The number of nitrogens with zero attached hydrogens (tertiary/aromatic N) is 1. The molecule has 0 N–H and O–H groups in total. The smallest absolute Gasteiger partial charge is 0.136 e. The Morgan fingerprint density at radius 3 is 2.10 bits per heavy atom. The number of fused-ring (bicyclic) bond motifs is 5. The van der Waals surface area contributed by atoms with Crippen LogP contribution in [0.15, 0.2) is 71.3 Å². The van der Waals surface area contributed by atoms with Gasteiger partial charge in [-0.05, 0) is 70.5 Å². The zero-order valence-corrected chi connectivity index (χ0v) is 18.6. The van der Waals surface area contributed by atoms with Gasteiger partial charge in [0.25, 0.3) is 0 Å². The molecule has 6 rings (SSSR count). The van der Waals surface area contributed by atoms with Crippen molar-refractivity contribution in [3.8, 4) is 11.3 Å². The van der Waals surface area contributed by atoms with Gasteiger partial charge in [0.05, 0.1) is 5.69 Å². The third-order valence-corrected chi connectivity index (χ3v) is 7.37. The van der Waals surface area contributed by atoms with Crippen LogP contribution < -0.4 is 0 Å². The van der Waals surface area contributed by atoms with Crippen molar-refractivity contribution in [3.63, 3.8) is 0 Å². The molecule has 2 nitrogen and oxygen atoms in total. The van der Waals surface area contributed by atoms with Crippen molar-refractivity contribution >= 4 is 32.7 Å². The fourth-order valence-electron chi connectivity index (χ4n) is 5.33. The van der Waals surface area contributed by atoms with Crippen molar-refractivity contribution in [1.82, 2.24) is 4.98 Å². The minimum atomic E-state index is 0.174. The van der Waals surface area contributed by atoms with Crippen LogP contribution in [0.2, 0.25) is 0 Å². The molecule has 0 spiro atoms. The summed E-state index contributed by atoms with van der Waals surface area (Å²) in [5.74, 6) is 0. The van der Waals surface area contributed by atoms with E-state index in [-0.39, 0.29) is 10.8 Å². The van der Waals surface area contributed by atoms with Crippen LogP contribution in [0.5, 0.6) is 0 Å². The average molecular weight is 406 g/mol. The minimum Gasteiger partial charge on any atom is -0.456 e. The standard InChI is InChI=1S/C29H27NO/c1-28(2)11-12-29(3,4)24-17-26-22(16-23(24)28)21-15-20-19(14-25(21)31-26)10-13-30-27(20)18-8-6-5-7-9-18/h5-10,13-17H,11-12H2,1-4H3. The van der Waals surface area contributed by atoms with Crippen LogP contribution in [-0.2, 0) is 10.8 Å². The maximum absolute atomic E-state index is 6.41. The molecular formula is C29H27NO. The Labute approximate surface area is 182 Å². The fraction of sp³-hybridized carbons (Fsp3) is 0.276. The number of pyridine rings is 1. The van der Waals surface area contributed by atoms with Crippen LogP contribution in [0.4, 0.5) is 0 Å². The lowest BCUT2D eigenvalue weighted by Gasteiger charge is -2.41. The van der Waals surface area contributed by atoms with Gasteiger partial charge in [-0.1, -0.05) is 58.0 Å². The first-order chi connectivity index (χ1) is 14.8. The molecule has 3 aromatic carbocycles. The Morgan fingerprint density at radius 1 is 0.710 bits per heavy atom. The molecule has 0 bridgehead atoms. The second-order valence-electron chi connectivity index (χ2n) is 10.4. The van der Waals surface area contributed by atoms with E-state index < -0.39 is 0 Å². The molecule has 0 saturated carbocycles. The zero-order chi connectivity index (χ0) is 21.4. The van der Waals surface area contributed by atoms with Gasteiger partial charge in [0.1, 0.15) is 11.2 Å². The molecule has 2 heterocycles. The third-order valence-electron chi connectivity index (χ3n) is 7.37. The first kappa shape index (κ1) is 18.6. The van der Waals surface area contributed by atoms with Gasteiger partial charge in [-0.15, -0.1) is 0 Å². The molecule has 2 heteroatoms. The summed E-state index contributed by atoms with van der Waals surface area (Å²) in [6.07, 6.45) is 4.30. The van der Waals surface area contributed by atoms with Gasteiger partial charge in [-0.2, -0.15) is 0 Å². The molecule has 0 unspecified atom stereocenters. The Bertz CT molecular complexity index is 1470. The maximum atomic E-state index is 6.41. The number of benzene rings is 3. The van der Waals surface area contributed by atoms with E-state index in [2.05, 4.69) is 82.3 Å². The van der Waals surface area contributed by atoms with Gasteiger partial charge in [0.2, 0.25) is 0 Å². The lowest BCUT2D eigenvalue weighted by Crippen LogP contribution is -2.33. The lowest BCUT2D eigenvalue weighted by molar-refractivity contribution is 0.332. The maximum Gasteiger partial charge on any atom is 0.136 e. The van der Waals surface area contributed by atoms with E-state index in [4.69, 9.17) is 9.40 Å². The number of hydrogen-bond donors (Lipinski definition) is 0. The lowest BCUT2D eigenvalue weighted by atomic mass is 9.63. The molecule has 31 heavy (non-hydrogen) atoms. The Kier molecular flexibility index (Phi) is 3.72. The van der Waals surface area contributed by atoms with E-state index in [1.165, 1.54) is 40.1 Å². The number of hydrogen-bond acceptors (Lipinski definition) is 2. The number of rotatable bonds is 1. The predicted molar refractivity (Wildman–Crippen MR) is 130 cm³/mol. The molecule has 0 aliphatic heterocycles. The third kappa shape index (κ3) is 2.74. The van der Waals surface area contributed by atoms with Gasteiger partial charge in [-0.25, -0.2) is 0 Å². The Hall–Kier alpha value is -3.13. The van der Waals surface area contributed by atoms with Crippen molar-refractivity contribution in [3.05, 3.63) is 78.0 Å². The summed E-state index contributed by atoms with van der Waals surface area (Å²) >= 11 is 0. The van der Waals surface area contributed by atoms with Gasteiger partial charge in [-0.3, -0.25) is 4.98 Å². The summed E-state index contributed by atoms with van der Waals surface area (Å²) in [6, 6.07) is 21.7. The second-order valence-corrected chi connectivity index (χ2v) is 10.4. The summed E-state index contributed by atoms with van der Waals surface area (Å²) in [5, 5.41) is 4.71. The SMILES string of the molecule is CC1(C)CCC(C)(C)c2cc3c(cc21)oc1cc2ccnc(-c4ccccc4)c2cc13. The molecule has 5 aromatic rings. The molecule has 0 fully saturated rings. The highest BCUT2D eigenvalue weighted by molar-refractivity contribution is 6.12. The number of aromatic nitrogens is 1. The molecule has 0 saturated heterocycles. The van der Waals surface area contributed by atoms with Crippen LogP contribution in [0.25, 0.3) is 44.0 Å². The largest absolute Gasteiger partial charge is 0.456 e. The summed E-state index contributed by atoms with van der Waals surface area (Å²) in [7, 11) is 0. The summed E-state index contributed by atoms with van der Waals surface area (Å²) in [6.45, 7) is 9.48. The van der Waals surface area contributed by atoms with E-state index >= 15 is 0 Å². The van der Waals surface area contributed by atoms with Gasteiger partial charge in [0.15, 0.2) is 0 Å². The predicted octanol–water partition coefficient (Wildman–Crippen LogP) is 8.15. The Morgan fingerprint density at radius 2 is 1.35 bits per heavy atom. The summed E-state index contributed by atoms with van der Waals surface area (Å²) in [5.41, 5.74) is 7.35. The van der Waals surface area contributed by atoms with E-state index in [9.17, 15) is 0 Å². The second kappa shape index (κ2) is 6.20. The van der Waals surface area contributed by atoms with Crippen LogP contribution >= 0.6 is 0 Å². The van der Waals surface area contributed by atoms with Crippen molar-refractivity contribution in [2.75, 3.05) is 0 Å². The van der Waals surface area contributed by atoms with Gasteiger partial charge < -0.3 is 4.42 Å². The monoisotopic (exact) mass is 405 g/mol. The van der Waals surface area contributed by atoms with Crippen LogP contribution in [0.1, 0.15) is 51.7 Å². The number of furan rings is 1. The molecule has 1 aliphatic carbocycles. The normalized spacial score (nSPS) is 17.3. The van der Waals surface area contributed by atoms with Gasteiger partial charge >= 0.3 is 0 Å². The topological polar surface area (TPSA) is 26.0 Å². The van der Waals surface area contributed by atoms with Crippen LogP contribution in [-0.4, -0.2) is 4.98 Å². The zero-order valence-electron chi connectivity index (χ0n) is 18.6. The van der Waals surface area contributed by atoms with Crippen molar-refractivity contribution < 1.29 is 4.42 Å². The van der Waals surface area contributed by atoms with E-state index in [1.54, 1.807) is 0 Å². The average Bonchev–Trinajstić information content (AvgIpc) is 3.11. The quantitative estimate of drug-likeness (QED) is 0.281. The Balaban J connectivity index is 1.68. The van der Waals surface area contributed by atoms with Crippen LogP contribution in [0, 0.1) is 0 Å². The molecule has 0 radical (unpaired) electrons. The van der Waals surface area contributed by atoms with E-state index in [0.29, 0.717) is 0 Å². The highest BCUT2D eigenvalue weighted by Crippen LogP contribution is 2.48. The highest BCUT2D eigenvalue weighted by Gasteiger charge is 2.37.